The molecule has 0 bridgehead atoms. The van der Waals surface area contributed by atoms with E-state index in [1.54, 1.807) is 30.3 Å². The Morgan fingerprint density at radius 1 is 1.00 bits per heavy atom. The van der Waals surface area contributed by atoms with Crippen molar-refractivity contribution >= 4 is 22.6 Å². The van der Waals surface area contributed by atoms with Crippen molar-refractivity contribution in [3.05, 3.63) is 89.8 Å². The number of carbonyl (C=O) groups is 1. The number of rotatable bonds is 5. The van der Waals surface area contributed by atoms with Gasteiger partial charge in [0.25, 0.3) is 5.91 Å². The van der Waals surface area contributed by atoms with Crippen LogP contribution in [0.15, 0.2) is 75.8 Å². The van der Waals surface area contributed by atoms with Gasteiger partial charge in [0, 0.05) is 24.0 Å². The predicted octanol–water partition coefficient (Wildman–Crippen LogP) is 4.84. The molecule has 6 nitrogen and oxygen atoms in total. The Hall–Kier alpha value is -3.42. The van der Waals surface area contributed by atoms with Gasteiger partial charge in [-0.15, -0.1) is 0 Å². The molecule has 1 N–H and O–H groups in total. The maximum Gasteiger partial charge on any atom is 0.291 e. The summed E-state index contributed by atoms with van der Waals surface area (Å²) < 4.78 is 32.0. The lowest BCUT2D eigenvalue weighted by atomic mass is 9.99. The van der Waals surface area contributed by atoms with Crippen LogP contribution in [0.3, 0.4) is 0 Å². The third-order valence-electron chi connectivity index (χ3n) is 5.47. The normalized spacial score (nSPS) is 15.8. The number of hydrogen-bond acceptors (Lipinski definition) is 5. The smallest absolute Gasteiger partial charge is 0.291 e. The molecule has 1 saturated heterocycles. The van der Waals surface area contributed by atoms with E-state index < -0.39 is 11.9 Å². The largest absolute Gasteiger partial charge is 0.459 e. The fraction of sp³-hybridized carbons (Fsp3) is 0.208. The lowest BCUT2D eigenvalue weighted by Crippen LogP contribution is -2.40. The van der Waals surface area contributed by atoms with Crippen LogP contribution < -0.4 is 5.32 Å². The molecule has 0 saturated carbocycles. The van der Waals surface area contributed by atoms with Gasteiger partial charge >= 0.3 is 0 Å². The highest BCUT2D eigenvalue weighted by Gasteiger charge is 2.33. The number of nitrogens with one attached hydrogen (secondary N) is 1. The Bertz CT molecular complexity index is 1200. The van der Waals surface area contributed by atoms with Crippen LogP contribution in [0.25, 0.3) is 11.0 Å². The maximum atomic E-state index is 15.0. The molecule has 0 aliphatic carbocycles. The summed E-state index contributed by atoms with van der Waals surface area (Å²) in [6, 6.07) is 16.8. The first-order valence-electron chi connectivity index (χ1n) is 10.1. The number of ether oxygens (including phenoxy) is 1. The lowest BCUT2D eigenvalue weighted by Gasteiger charge is -2.34. The van der Waals surface area contributed by atoms with Gasteiger partial charge in [-0.05, 0) is 30.3 Å². The molecule has 0 spiro atoms. The molecule has 1 aliphatic heterocycles. The molecule has 1 atom stereocenters. The zero-order chi connectivity index (χ0) is 21.2. The minimum Gasteiger partial charge on any atom is -0.459 e. The van der Waals surface area contributed by atoms with Crippen LogP contribution in [0.1, 0.15) is 27.9 Å². The molecule has 2 aromatic carbocycles. The Morgan fingerprint density at radius 3 is 2.55 bits per heavy atom. The van der Waals surface area contributed by atoms with Gasteiger partial charge in [-0.3, -0.25) is 9.69 Å². The zero-order valence-corrected chi connectivity index (χ0v) is 16.7. The van der Waals surface area contributed by atoms with Crippen LogP contribution >= 0.6 is 0 Å². The second-order valence-electron chi connectivity index (χ2n) is 7.34. The number of nitrogens with zero attached hydrogens (tertiary/aromatic N) is 1. The third kappa shape index (κ3) is 3.73. The number of carbonyl (C=O) groups excluding carboxylic acids is 1. The first-order chi connectivity index (χ1) is 15.2. The highest BCUT2D eigenvalue weighted by Crippen LogP contribution is 2.41. The summed E-state index contributed by atoms with van der Waals surface area (Å²) in [4.78, 5) is 14.9. The number of halogens is 1. The van der Waals surface area contributed by atoms with Crippen molar-refractivity contribution in [1.82, 2.24) is 4.90 Å². The molecule has 2 aromatic heterocycles. The molecule has 1 aliphatic rings. The molecule has 1 unspecified atom stereocenters. The van der Waals surface area contributed by atoms with E-state index in [9.17, 15) is 9.18 Å². The quantitative estimate of drug-likeness (QED) is 0.500. The van der Waals surface area contributed by atoms with Crippen LogP contribution in [0.4, 0.5) is 10.1 Å². The molecule has 5 rings (SSSR count). The summed E-state index contributed by atoms with van der Waals surface area (Å²) in [5.74, 6) is -0.0621. The number of fused-ring (bicyclic) bond motifs is 1. The second kappa shape index (κ2) is 8.37. The first-order valence-corrected chi connectivity index (χ1v) is 10.1. The molecular formula is C24H21FN2O4. The zero-order valence-electron chi connectivity index (χ0n) is 16.7. The van der Waals surface area contributed by atoms with Crippen molar-refractivity contribution in [3.63, 3.8) is 0 Å². The summed E-state index contributed by atoms with van der Waals surface area (Å²) in [7, 11) is 0. The Kier molecular flexibility index (Phi) is 5.28. The minimum atomic E-state index is -0.524. The number of furan rings is 2. The van der Waals surface area contributed by atoms with Crippen molar-refractivity contribution < 1.29 is 22.8 Å². The highest BCUT2D eigenvalue weighted by atomic mass is 19.1. The van der Waals surface area contributed by atoms with E-state index >= 15 is 0 Å². The fourth-order valence-electron chi connectivity index (χ4n) is 4.01. The van der Waals surface area contributed by atoms with Crippen molar-refractivity contribution in [2.45, 2.75) is 6.04 Å². The monoisotopic (exact) mass is 420 g/mol. The molecule has 158 valence electrons. The average Bonchev–Trinajstić information content (AvgIpc) is 3.45. The van der Waals surface area contributed by atoms with Crippen molar-refractivity contribution in [1.29, 1.82) is 0 Å². The number of morpholine rings is 1. The summed E-state index contributed by atoms with van der Waals surface area (Å²) in [6.07, 6.45) is 1.44. The van der Waals surface area contributed by atoms with Gasteiger partial charge in [-0.25, -0.2) is 4.39 Å². The van der Waals surface area contributed by atoms with E-state index in [1.165, 1.54) is 12.3 Å². The summed E-state index contributed by atoms with van der Waals surface area (Å²) >= 11 is 0. The van der Waals surface area contributed by atoms with Crippen molar-refractivity contribution in [3.8, 4) is 0 Å². The Balaban J connectivity index is 1.66. The van der Waals surface area contributed by atoms with E-state index in [0.29, 0.717) is 48.9 Å². The number of anilines is 1. The highest BCUT2D eigenvalue weighted by molar-refractivity contribution is 6.08. The number of para-hydroxylation sites is 1. The molecule has 7 heteroatoms. The summed E-state index contributed by atoms with van der Waals surface area (Å²) in [5.41, 5.74) is 1.61. The second-order valence-corrected chi connectivity index (χ2v) is 7.34. The molecule has 3 heterocycles. The molecule has 1 amide bonds. The van der Waals surface area contributed by atoms with E-state index in [4.69, 9.17) is 13.6 Å². The van der Waals surface area contributed by atoms with Crippen LogP contribution in [-0.2, 0) is 4.74 Å². The van der Waals surface area contributed by atoms with Gasteiger partial charge in [-0.1, -0.05) is 30.3 Å². The molecule has 31 heavy (non-hydrogen) atoms. The molecule has 0 radical (unpaired) electrons. The van der Waals surface area contributed by atoms with Crippen LogP contribution in [-0.4, -0.2) is 37.1 Å². The fourth-order valence-corrected chi connectivity index (χ4v) is 4.01. The van der Waals surface area contributed by atoms with E-state index in [2.05, 4.69) is 10.2 Å². The van der Waals surface area contributed by atoms with Gasteiger partial charge in [0.1, 0.15) is 11.4 Å². The lowest BCUT2D eigenvalue weighted by molar-refractivity contribution is 0.0199. The summed E-state index contributed by atoms with van der Waals surface area (Å²) in [6.45, 7) is 2.31. The Morgan fingerprint density at radius 2 is 1.77 bits per heavy atom. The van der Waals surface area contributed by atoms with E-state index in [-0.39, 0.29) is 11.6 Å². The Labute approximate surface area is 178 Å². The van der Waals surface area contributed by atoms with Crippen LogP contribution in [0.2, 0.25) is 0 Å². The van der Waals surface area contributed by atoms with E-state index in [0.717, 1.165) is 5.39 Å². The topological polar surface area (TPSA) is 67.9 Å². The molecule has 1 fully saturated rings. The number of amides is 1. The van der Waals surface area contributed by atoms with Gasteiger partial charge in [0.05, 0.1) is 31.2 Å². The standard InChI is InChI=1S/C24H21FN2O4/c25-18-8-3-1-6-16(18)22(27-11-14-29-15-12-27)23-21(17-7-2-4-9-19(17)31-23)26-24(28)20-10-5-13-30-20/h1-10,13,22H,11-12,14-15H2,(H,26,28). The van der Waals surface area contributed by atoms with Gasteiger partial charge in [-0.2, -0.15) is 0 Å². The van der Waals surface area contributed by atoms with Crippen LogP contribution in [0.5, 0.6) is 0 Å². The minimum absolute atomic E-state index is 0.185. The predicted molar refractivity (Wildman–Crippen MR) is 114 cm³/mol. The molecule has 4 aromatic rings. The maximum absolute atomic E-state index is 15.0. The van der Waals surface area contributed by atoms with Crippen LogP contribution in [0, 0.1) is 5.82 Å². The molecular weight excluding hydrogens is 399 g/mol. The average molecular weight is 420 g/mol. The first kappa shape index (κ1) is 19.5. The summed E-state index contributed by atoms with van der Waals surface area (Å²) in [5, 5.41) is 3.68. The SMILES string of the molecule is O=C(Nc1c(C(c2ccccc2F)N2CCOCC2)oc2ccccc12)c1ccco1. The van der Waals surface area contributed by atoms with Gasteiger partial charge in [0.15, 0.2) is 11.5 Å². The van der Waals surface area contributed by atoms with Crippen molar-refractivity contribution in [2.24, 2.45) is 0 Å². The van der Waals surface area contributed by atoms with Crippen molar-refractivity contribution in [2.75, 3.05) is 31.6 Å². The number of benzene rings is 2. The van der Waals surface area contributed by atoms with Gasteiger partial charge in [0.2, 0.25) is 0 Å². The van der Waals surface area contributed by atoms with Gasteiger partial charge < -0.3 is 18.9 Å². The number of hydrogen-bond donors (Lipinski definition) is 1. The third-order valence-corrected chi connectivity index (χ3v) is 5.47. The van der Waals surface area contributed by atoms with E-state index in [1.807, 2.05) is 24.3 Å².